The molecule has 2 amide bonds. The van der Waals surface area contributed by atoms with Crippen LogP contribution in [0.1, 0.15) is 16.1 Å². The molecule has 124 valence electrons. The summed E-state index contributed by atoms with van der Waals surface area (Å²) in [4.78, 5) is 41.4. The molecule has 0 spiro atoms. The van der Waals surface area contributed by atoms with E-state index in [1.807, 2.05) is 0 Å². The van der Waals surface area contributed by atoms with Gasteiger partial charge < -0.3 is 16.0 Å². The quantitative estimate of drug-likeness (QED) is 0.703. The first-order chi connectivity index (χ1) is 12.1. The molecule has 3 N–H and O–H groups in total. The first kappa shape index (κ1) is 15.1. The van der Waals surface area contributed by atoms with Gasteiger partial charge in [0.25, 0.3) is 5.91 Å². The molecule has 2 unspecified atom stereocenters. The van der Waals surface area contributed by atoms with Crippen molar-refractivity contribution in [3.63, 3.8) is 0 Å². The number of aromatic nitrogens is 1. The number of Topliss-reactive ketones (excluding diaryl/α,β-unsaturated/α-hetero) is 1. The molecule has 0 bridgehead atoms. The zero-order valence-electron chi connectivity index (χ0n) is 13.0. The summed E-state index contributed by atoms with van der Waals surface area (Å²) in [5, 5.41) is 8.19. The average Bonchev–Trinajstić information content (AvgIpc) is 2.96. The standard InChI is InChI=1S/C18H14N4O3/c23-16-11-6-1-2-7-12(11)20-14(16)15-18(25)21-13(17(24)22-15)9-10-5-3-4-8-19-10/h1-9,14-15,20H,(H,21,25)(H,22,24)/b13-9-. The van der Waals surface area contributed by atoms with Crippen molar-refractivity contribution in [2.45, 2.75) is 12.1 Å². The number of anilines is 1. The predicted octanol–water partition coefficient (Wildman–Crippen LogP) is 0.714. The van der Waals surface area contributed by atoms with E-state index >= 15 is 0 Å². The van der Waals surface area contributed by atoms with Gasteiger partial charge in [0.1, 0.15) is 17.8 Å². The largest absolute Gasteiger partial charge is 0.372 e. The molecule has 25 heavy (non-hydrogen) atoms. The highest BCUT2D eigenvalue weighted by Gasteiger charge is 2.43. The minimum atomic E-state index is -0.978. The van der Waals surface area contributed by atoms with Crippen LogP contribution in [0.2, 0.25) is 0 Å². The Morgan fingerprint density at radius 2 is 1.72 bits per heavy atom. The van der Waals surface area contributed by atoms with Crippen LogP contribution in [0.25, 0.3) is 6.08 Å². The van der Waals surface area contributed by atoms with E-state index in [2.05, 4.69) is 20.9 Å². The second kappa shape index (κ2) is 5.86. The van der Waals surface area contributed by atoms with Crippen LogP contribution in [0.4, 0.5) is 5.69 Å². The predicted molar refractivity (Wildman–Crippen MR) is 90.5 cm³/mol. The minimum absolute atomic E-state index is 0.0999. The second-order valence-electron chi connectivity index (χ2n) is 5.78. The molecule has 4 rings (SSSR count). The number of rotatable bonds is 2. The van der Waals surface area contributed by atoms with Gasteiger partial charge >= 0.3 is 0 Å². The summed E-state index contributed by atoms with van der Waals surface area (Å²) in [6.07, 6.45) is 3.08. The Hall–Kier alpha value is -3.48. The maximum atomic E-state index is 12.5. The Labute approximate surface area is 143 Å². The monoisotopic (exact) mass is 334 g/mol. The van der Waals surface area contributed by atoms with Gasteiger partial charge in [-0.15, -0.1) is 0 Å². The van der Waals surface area contributed by atoms with Crippen molar-refractivity contribution in [2.75, 3.05) is 5.32 Å². The zero-order chi connectivity index (χ0) is 17.4. The Bertz CT molecular complexity index is 908. The van der Waals surface area contributed by atoms with Crippen LogP contribution in [-0.4, -0.2) is 34.7 Å². The van der Waals surface area contributed by atoms with Crippen LogP contribution in [0.15, 0.2) is 54.4 Å². The number of nitrogens with one attached hydrogen (secondary N) is 3. The van der Waals surface area contributed by atoms with E-state index in [1.165, 1.54) is 6.08 Å². The van der Waals surface area contributed by atoms with E-state index in [4.69, 9.17) is 0 Å². The van der Waals surface area contributed by atoms with Crippen molar-refractivity contribution < 1.29 is 14.4 Å². The molecule has 2 aliphatic rings. The summed E-state index contributed by atoms with van der Waals surface area (Å²) in [7, 11) is 0. The number of carbonyl (C=O) groups is 3. The second-order valence-corrected chi connectivity index (χ2v) is 5.78. The molecule has 3 heterocycles. The Balaban J connectivity index is 1.56. The average molecular weight is 334 g/mol. The maximum Gasteiger partial charge on any atom is 0.268 e. The number of pyridine rings is 1. The Morgan fingerprint density at radius 1 is 0.920 bits per heavy atom. The third kappa shape index (κ3) is 2.65. The van der Waals surface area contributed by atoms with Crippen LogP contribution in [0, 0.1) is 0 Å². The summed E-state index contributed by atoms with van der Waals surface area (Å²) in [5.41, 5.74) is 1.83. The van der Waals surface area contributed by atoms with Gasteiger partial charge in [-0.3, -0.25) is 19.4 Å². The first-order valence-electron chi connectivity index (χ1n) is 7.78. The fraction of sp³-hybridized carbons (Fsp3) is 0.111. The highest BCUT2D eigenvalue weighted by molar-refractivity contribution is 6.16. The minimum Gasteiger partial charge on any atom is -0.372 e. The number of hydrogen-bond donors (Lipinski definition) is 3. The lowest BCUT2D eigenvalue weighted by Gasteiger charge is -2.28. The molecular formula is C18H14N4O3. The molecule has 1 fully saturated rings. The lowest BCUT2D eigenvalue weighted by molar-refractivity contribution is -0.131. The number of carbonyl (C=O) groups excluding carboxylic acids is 3. The van der Waals surface area contributed by atoms with Crippen molar-refractivity contribution in [1.29, 1.82) is 0 Å². The van der Waals surface area contributed by atoms with Crippen molar-refractivity contribution in [2.24, 2.45) is 0 Å². The molecule has 2 aliphatic heterocycles. The number of piperazine rings is 1. The number of ketones is 1. The van der Waals surface area contributed by atoms with E-state index in [1.54, 1.807) is 48.7 Å². The van der Waals surface area contributed by atoms with Crippen molar-refractivity contribution in [1.82, 2.24) is 15.6 Å². The smallest absolute Gasteiger partial charge is 0.268 e. The summed E-state index contributed by atoms with van der Waals surface area (Å²) in [6, 6.07) is 10.5. The highest BCUT2D eigenvalue weighted by atomic mass is 16.2. The molecule has 7 nitrogen and oxygen atoms in total. The number of hydrogen-bond acceptors (Lipinski definition) is 5. The summed E-state index contributed by atoms with van der Waals surface area (Å²) >= 11 is 0. The molecule has 7 heteroatoms. The van der Waals surface area contributed by atoms with Gasteiger partial charge in [0.15, 0.2) is 5.78 Å². The number of benzene rings is 1. The number of para-hydroxylation sites is 1. The van der Waals surface area contributed by atoms with Gasteiger partial charge in [0.2, 0.25) is 5.91 Å². The first-order valence-corrected chi connectivity index (χ1v) is 7.78. The Kier molecular flexibility index (Phi) is 3.53. The Morgan fingerprint density at radius 3 is 2.48 bits per heavy atom. The summed E-state index contributed by atoms with van der Waals surface area (Å²) in [5.74, 6) is -1.12. The van der Waals surface area contributed by atoms with Gasteiger partial charge in [-0.2, -0.15) is 0 Å². The van der Waals surface area contributed by atoms with Crippen LogP contribution < -0.4 is 16.0 Å². The molecule has 0 aliphatic carbocycles. The lowest BCUT2D eigenvalue weighted by Crippen LogP contribution is -2.62. The van der Waals surface area contributed by atoms with E-state index < -0.39 is 23.9 Å². The van der Waals surface area contributed by atoms with Crippen molar-refractivity contribution in [3.8, 4) is 0 Å². The van der Waals surface area contributed by atoms with Gasteiger partial charge in [-0.05, 0) is 30.3 Å². The SMILES string of the molecule is O=C1NC(C2Nc3ccccc3C2=O)C(=O)N/C1=C\c1ccccn1. The summed E-state index contributed by atoms with van der Waals surface area (Å²) in [6.45, 7) is 0. The van der Waals surface area contributed by atoms with E-state index in [0.29, 0.717) is 16.9 Å². The van der Waals surface area contributed by atoms with Gasteiger partial charge in [-0.1, -0.05) is 18.2 Å². The lowest BCUT2D eigenvalue weighted by atomic mass is 9.99. The molecule has 1 saturated heterocycles. The van der Waals surface area contributed by atoms with Crippen molar-refractivity contribution >= 4 is 29.4 Å². The topological polar surface area (TPSA) is 100 Å². The third-order valence-corrected chi connectivity index (χ3v) is 4.17. The molecule has 0 radical (unpaired) electrons. The van der Waals surface area contributed by atoms with Gasteiger partial charge in [0, 0.05) is 17.4 Å². The van der Waals surface area contributed by atoms with E-state index in [9.17, 15) is 14.4 Å². The number of nitrogens with zero attached hydrogens (tertiary/aromatic N) is 1. The van der Waals surface area contributed by atoms with E-state index in [-0.39, 0.29) is 11.5 Å². The van der Waals surface area contributed by atoms with E-state index in [0.717, 1.165) is 0 Å². The highest BCUT2D eigenvalue weighted by Crippen LogP contribution is 2.27. The fourth-order valence-electron chi connectivity index (χ4n) is 2.96. The number of amides is 2. The maximum absolute atomic E-state index is 12.5. The van der Waals surface area contributed by atoms with Crippen molar-refractivity contribution in [3.05, 3.63) is 65.6 Å². The molecule has 2 atom stereocenters. The van der Waals surface area contributed by atoms with Crippen LogP contribution in [-0.2, 0) is 9.59 Å². The third-order valence-electron chi connectivity index (χ3n) is 4.17. The van der Waals surface area contributed by atoms with Gasteiger partial charge in [-0.25, -0.2) is 0 Å². The van der Waals surface area contributed by atoms with Crippen LogP contribution >= 0.6 is 0 Å². The molecule has 2 aromatic rings. The fourth-order valence-corrected chi connectivity index (χ4v) is 2.96. The molecule has 1 aromatic heterocycles. The summed E-state index contributed by atoms with van der Waals surface area (Å²) < 4.78 is 0. The molecule has 1 aromatic carbocycles. The van der Waals surface area contributed by atoms with Crippen LogP contribution in [0.5, 0.6) is 0 Å². The number of fused-ring (bicyclic) bond motifs is 1. The molecular weight excluding hydrogens is 320 g/mol. The van der Waals surface area contributed by atoms with Crippen LogP contribution in [0.3, 0.4) is 0 Å². The van der Waals surface area contributed by atoms with Gasteiger partial charge in [0.05, 0.1) is 5.69 Å². The normalized spacial score (nSPS) is 23.7. The zero-order valence-corrected chi connectivity index (χ0v) is 13.0. The molecule has 0 saturated carbocycles.